The van der Waals surface area contributed by atoms with Crippen molar-refractivity contribution in [1.82, 2.24) is 10.3 Å². The van der Waals surface area contributed by atoms with Gasteiger partial charge in [0.25, 0.3) is 5.91 Å². The lowest BCUT2D eigenvalue weighted by atomic mass is 10.1. The third-order valence-corrected chi connectivity index (χ3v) is 2.67. The summed E-state index contributed by atoms with van der Waals surface area (Å²) >= 11 is 5.72. The Balaban J connectivity index is 2.02. The normalized spacial score (nSPS) is 9.68. The van der Waals surface area contributed by atoms with Crippen molar-refractivity contribution in [2.45, 2.75) is 6.54 Å². The molecule has 0 atom stereocenters. The van der Waals surface area contributed by atoms with Crippen LogP contribution in [0.2, 0.25) is 5.15 Å². The maximum atomic E-state index is 11.8. The number of hydrogen-bond acceptors (Lipinski definition) is 3. The lowest BCUT2D eigenvalue weighted by Crippen LogP contribution is -2.23. The average Bonchev–Trinajstić information content (AvgIpc) is 2.45. The molecule has 1 aromatic carbocycles. The molecule has 0 spiro atoms. The van der Waals surface area contributed by atoms with Crippen LogP contribution in [-0.4, -0.2) is 10.9 Å². The van der Waals surface area contributed by atoms with Crippen molar-refractivity contribution < 1.29 is 4.79 Å². The number of aromatic nitrogens is 1. The summed E-state index contributed by atoms with van der Waals surface area (Å²) in [7, 11) is 0. The Morgan fingerprint density at radius 1 is 1.32 bits per heavy atom. The molecule has 0 saturated carbocycles. The highest BCUT2D eigenvalue weighted by Gasteiger charge is 2.07. The quantitative estimate of drug-likeness (QED) is 0.873. The molecular formula is C14H10ClN3O. The standard InChI is InChI=1S/C14H10ClN3O/c15-13-6-2-5-12(18-13)14(19)17-9-11-4-1-3-10(7-11)8-16/h1-7H,9H2,(H,17,19). The molecule has 0 radical (unpaired) electrons. The number of nitriles is 1. The van der Waals surface area contributed by atoms with Crippen LogP contribution in [0.4, 0.5) is 0 Å². The number of pyridine rings is 1. The number of amides is 1. The number of halogens is 1. The highest BCUT2D eigenvalue weighted by Crippen LogP contribution is 2.06. The van der Waals surface area contributed by atoms with Gasteiger partial charge in [-0.05, 0) is 29.8 Å². The number of carbonyl (C=O) groups excluding carboxylic acids is 1. The Morgan fingerprint density at radius 2 is 2.11 bits per heavy atom. The van der Waals surface area contributed by atoms with E-state index in [1.807, 2.05) is 6.07 Å². The third-order valence-electron chi connectivity index (χ3n) is 2.46. The lowest BCUT2D eigenvalue weighted by Gasteiger charge is -2.05. The number of nitrogens with zero attached hydrogens (tertiary/aromatic N) is 2. The Bertz CT molecular complexity index is 649. The molecule has 1 amide bonds. The molecule has 5 heteroatoms. The highest BCUT2D eigenvalue weighted by atomic mass is 35.5. The minimum absolute atomic E-state index is 0.268. The minimum Gasteiger partial charge on any atom is -0.347 e. The van der Waals surface area contributed by atoms with Gasteiger partial charge in [-0.15, -0.1) is 0 Å². The molecular weight excluding hydrogens is 262 g/mol. The zero-order valence-electron chi connectivity index (χ0n) is 9.93. The van der Waals surface area contributed by atoms with E-state index in [-0.39, 0.29) is 16.8 Å². The molecule has 1 heterocycles. The average molecular weight is 272 g/mol. The first-order chi connectivity index (χ1) is 9.19. The predicted molar refractivity (Wildman–Crippen MR) is 71.6 cm³/mol. The van der Waals surface area contributed by atoms with E-state index >= 15 is 0 Å². The van der Waals surface area contributed by atoms with E-state index in [0.29, 0.717) is 12.1 Å². The lowest BCUT2D eigenvalue weighted by molar-refractivity contribution is 0.0946. The van der Waals surface area contributed by atoms with E-state index in [0.717, 1.165) is 5.56 Å². The summed E-state index contributed by atoms with van der Waals surface area (Å²) in [5.74, 6) is -0.301. The van der Waals surface area contributed by atoms with Crippen molar-refractivity contribution in [3.8, 4) is 6.07 Å². The number of hydrogen-bond donors (Lipinski definition) is 1. The zero-order valence-corrected chi connectivity index (χ0v) is 10.7. The molecule has 0 fully saturated rings. The number of carbonyl (C=O) groups is 1. The molecule has 19 heavy (non-hydrogen) atoms. The number of rotatable bonds is 3. The van der Waals surface area contributed by atoms with Crippen LogP contribution in [0.15, 0.2) is 42.5 Å². The smallest absolute Gasteiger partial charge is 0.270 e. The van der Waals surface area contributed by atoms with Crippen LogP contribution in [0.3, 0.4) is 0 Å². The molecule has 2 aromatic rings. The maximum Gasteiger partial charge on any atom is 0.270 e. The maximum absolute atomic E-state index is 11.8. The van der Waals surface area contributed by atoms with Crippen LogP contribution < -0.4 is 5.32 Å². The van der Waals surface area contributed by atoms with Crippen LogP contribution in [0.5, 0.6) is 0 Å². The van der Waals surface area contributed by atoms with Crippen LogP contribution in [0, 0.1) is 11.3 Å². The van der Waals surface area contributed by atoms with E-state index in [1.54, 1.807) is 36.4 Å². The van der Waals surface area contributed by atoms with Gasteiger partial charge in [0.15, 0.2) is 0 Å². The van der Waals surface area contributed by atoms with Gasteiger partial charge in [-0.3, -0.25) is 4.79 Å². The summed E-state index contributed by atoms with van der Waals surface area (Å²) in [4.78, 5) is 15.7. The first kappa shape index (κ1) is 13.1. The molecule has 2 rings (SSSR count). The first-order valence-corrected chi connectivity index (χ1v) is 5.96. The largest absolute Gasteiger partial charge is 0.347 e. The van der Waals surface area contributed by atoms with Gasteiger partial charge < -0.3 is 5.32 Å². The fraction of sp³-hybridized carbons (Fsp3) is 0.0714. The van der Waals surface area contributed by atoms with Gasteiger partial charge in [0.1, 0.15) is 10.8 Å². The van der Waals surface area contributed by atoms with Gasteiger partial charge in [0.2, 0.25) is 0 Å². The van der Waals surface area contributed by atoms with Crippen molar-refractivity contribution in [1.29, 1.82) is 5.26 Å². The summed E-state index contributed by atoms with van der Waals surface area (Å²) in [6.07, 6.45) is 0. The SMILES string of the molecule is N#Cc1cccc(CNC(=O)c2cccc(Cl)n2)c1. The van der Waals surface area contributed by atoms with E-state index < -0.39 is 0 Å². The Kier molecular flexibility index (Phi) is 4.11. The predicted octanol–water partition coefficient (Wildman–Crippen LogP) is 2.54. The van der Waals surface area contributed by atoms with E-state index in [2.05, 4.69) is 16.4 Å². The fourth-order valence-corrected chi connectivity index (χ4v) is 1.72. The monoisotopic (exact) mass is 271 g/mol. The molecule has 0 saturated heterocycles. The molecule has 0 aliphatic carbocycles. The minimum atomic E-state index is -0.301. The second kappa shape index (κ2) is 5.98. The highest BCUT2D eigenvalue weighted by molar-refractivity contribution is 6.29. The first-order valence-electron chi connectivity index (χ1n) is 5.59. The fourth-order valence-electron chi connectivity index (χ4n) is 1.56. The van der Waals surface area contributed by atoms with Crippen molar-refractivity contribution in [2.24, 2.45) is 0 Å². The number of nitrogens with one attached hydrogen (secondary N) is 1. The van der Waals surface area contributed by atoms with E-state index in [4.69, 9.17) is 16.9 Å². The number of benzene rings is 1. The van der Waals surface area contributed by atoms with Gasteiger partial charge in [0.05, 0.1) is 11.6 Å². The molecule has 0 aliphatic rings. The third kappa shape index (κ3) is 3.54. The molecule has 0 unspecified atom stereocenters. The van der Waals surface area contributed by atoms with Gasteiger partial charge in [-0.1, -0.05) is 29.8 Å². The Morgan fingerprint density at radius 3 is 2.84 bits per heavy atom. The van der Waals surface area contributed by atoms with E-state index in [9.17, 15) is 4.79 Å². The summed E-state index contributed by atoms with van der Waals surface area (Å²) in [5, 5.41) is 11.8. The van der Waals surface area contributed by atoms with Crippen LogP contribution in [-0.2, 0) is 6.54 Å². The second-order valence-electron chi connectivity index (χ2n) is 3.84. The summed E-state index contributed by atoms with van der Waals surface area (Å²) in [6.45, 7) is 0.336. The van der Waals surface area contributed by atoms with Gasteiger partial charge >= 0.3 is 0 Å². The topological polar surface area (TPSA) is 65.8 Å². The van der Waals surface area contributed by atoms with Gasteiger partial charge in [0, 0.05) is 6.54 Å². The van der Waals surface area contributed by atoms with Crippen LogP contribution >= 0.6 is 11.6 Å². The summed E-state index contributed by atoms with van der Waals surface area (Å²) in [5.41, 5.74) is 1.69. The zero-order chi connectivity index (χ0) is 13.7. The molecule has 1 aromatic heterocycles. The van der Waals surface area contributed by atoms with Crippen molar-refractivity contribution >= 4 is 17.5 Å². The summed E-state index contributed by atoms with van der Waals surface area (Å²) < 4.78 is 0. The molecule has 0 bridgehead atoms. The molecule has 94 valence electrons. The van der Waals surface area contributed by atoms with Crippen LogP contribution in [0.1, 0.15) is 21.6 Å². The second-order valence-corrected chi connectivity index (χ2v) is 4.23. The Hall–Kier alpha value is -2.38. The molecule has 4 nitrogen and oxygen atoms in total. The van der Waals surface area contributed by atoms with Gasteiger partial charge in [-0.25, -0.2) is 4.98 Å². The van der Waals surface area contributed by atoms with Gasteiger partial charge in [-0.2, -0.15) is 5.26 Å². The molecule has 1 N–H and O–H groups in total. The van der Waals surface area contributed by atoms with Crippen molar-refractivity contribution in [3.05, 3.63) is 64.4 Å². The molecule has 0 aliphatic heterocycles. The Labute approximate surface area is 115 Å². The summed E-state index contributed by atoms with van der Waals surface area (Å²) in [6, 6.07) is 14.0. The van der Waals surface area contributed by atoms with Crippen molar-refractivity contribution in [2.75, 3.05) is 0 Å². The van der Waals surface area contributed by atoms with Crippen molar-refractivity contribution in [3.63, 3.8) is 0 Å². The van der Waals surface area contributed by atoms with Crippen LogP contribution in [0.25, 0.3) is 0 Å². The van der Waals surface area contributed by atoms with E-state index in [1.165, 1.54) is 0 Å².